The molecule has 0 atom stereocenters. The summed E-state index contributed by atoms with van der Waals surface area (Å²) in [6.45, 7) is 3.81. The average molecular weight is 383 g/mol. The molecule has 2 aromatic carbocycles. The lowest BCUT2D eigenvalue weighted by Gasteiger charge is -2.09. The smallest absolute Gasteiger partial charge is 0.240 e. The number of amides is 1. The number of pyridine rings is 1. The first kappa shape index (κ1) is 19.0. The molecule has 7 heteroatoms. The molecule has 0 saturated heterocycles. The summed E-state index contributed by atoms with van der Waals surface area (Å²) in [6, 6.07) is 14.1. The van der Waals surface area contributed by atoms with Gasteiger partial charge in [-0.3, -0.25) is 9.78 Å². The van der Waals surface area contributed by atoms with Crippen LogP contribution in [0.2, 0.25) is 0 Å². The first-order chi connectivity index (χ1) is 12.8. The Morgan fingerprint density at radius 2 is 1.85 bits per heavy atom. The summed E-state index contributed by atoms with van der Waals surface area (Å²) >= 11 is 0. The first-order valence-electron chi connectivity index (χ1n) is 8.57. The number of carbonyl (C=O) groups excluding carboxylic acids is 1. The second-order valence-corrected chi connectivity index (χ2v) is 8.12. The molecule has 0 bridgehead atoms. The summed E-state index contributed by atoms with van der Waals surface area (Å²) in [4.78, 5) is 16.5. The van der Waals surface area contributed by atoms with Gasteiger partial charge in [0.05, 0.1) is 10.4 Å². The van der Waals surface area contributed by atoms with E-state index in [0.29, 0.717) is 5.69 Å². The highest BCUT2D eigenvalue weighted by atomic mass is 32.2. The van der Waals surface area contributed by atoms with E-state index in [9.17, 15) is 13.2 Å². The van der Waals surface area contributed by atoms with E-state index < -0.39 is 10.0 Å². The number of fused-ring (bicyclic) bond motifs is 1. The minimum atomic E-state index is -3.64. The van der Waals surface area contributed by atoms with Crippen molar-refractivity contribution in [1.29, 1.82) is 0 Å². The normalized spacial score (nSPS) is 11.5. The van der Waals surface area contributed by atoms with Crippen molar-refractivity contribution < 1.29 is 13.2 Å². The summed E-state index contributed by atoms with van der Waals surface area (Å²) < 4.78 is 27.1. The van der Waals surface area contributed by atoms with Gasteiger partial charge in [-0.05, 0) is 61.4 Å². The van der Waals surface area contributed by atoms with Gasteiger partial charge in [0.15, 0.2) is 0 Å². The molecule has 27 heavy (non-hydrogen) atoms. The van der Waals surface area contributed by atoms with E-state index in [1.165, 1.54) is 0 Å². The van der Waals surface area contributed by atoms with E-state index in [1.807, 2.05) is 38.1 Å². The maximum Gasteiger partial charge on any atom is 0.240 e. The van der Waals surface area contributed by atoms with Gasteiger partial charge in [0.25, 0.3) is 0 Å². The van der Waals surface area contributed by atoms with Gasteiger partial charge in [-0.1, -0.05) is 12.1 Å². The quantitative estimate of drug-likeness (QED) is 0.684. The molecule has 2 N–H and O–H groups in total. The van der Waals surface area contributed by atoms with Gasteiger partial charge < -0.3 is 5.32 Å². The molecular weight excluding hydrogens is 362 g/mol. The van der Waals surface area contributed by atoms with Crippen LogP contribution in [0.25, 0.3) is 10.9 Å². The summed E-state index contributed by atoms with van der Waals surface area (Å²) in [6.07, 6.45) is 1.75. The molecule has 3 rings (SSSR count). The minimum absolute atomic E-state index is 0.0240. The predicted octanol–water partition coefficient (Wildman–Crippen LogP) is 3.16. The second-order valence-electron chi connectivity index (χ2n) is 6.35. The molecule has 0 spiro atoms. The number of hydrogen-bond acceptors (Lipinski definition) is 4. The number of sulfonamides is 1. The van der Waals surface area contributed by atoms with Crippen molar-refractivity contribution in [3.05, 3.63) is 65.9 Å². The van der Waals surface area contributed by atoms with Gasteiger partial charge in [0, 0.05) is 30.2 Å². The van der Waals surface area contributed by atoms with Crippen molar-refractivity contribution in [3.63, 3.8) is 0 Å². The molecule has 0 aliphatic heterocycles. The lowest BCUT2D eigenvalue weighted by atomic mass is 10.1. The van der Waals surface area contributed by atoms with E-state index in [-0.39, 0.29) is 23.8 Å². The summed E-state index contributed by atoms with van der Waals surface area (Å²) in [7, 11) is -3.64. The van der Waals surface area contributed by atoms with Gasteiger partial charge in [-0.2, -0.15) is 0 Å². The highest BCUT2D eigenvalue weighted by Crippen LogP contribution is 2.17. The fourth-order valence-electron chi connectivity index (χ4n) is 2.64. The molecule has 0 aliphatic carbocycles. The van der Waals surface area contributed by atoms with E-state index in [2.05, 4.69) is 15.0 Å². The summed E-state index contributed by atoms with van der Waals surface area (Å²) in [5.74, 6) is -0.263. The summed E-state index contributed by atoms with van der Waals surface area (Å²) in [5.41, 5.74) is 3.43. The first-order valence-corrected chi connectivity index (χ1v) is 10.0. The van der Waals surface area contributed by atoms with E-state index >= 15 is 0 Å². The van der Waals surface area contributed by atoms with Crippen LogP contribution in [0.3, 0.4) is 0 Å². The Morgan fingerprint density at radius 1 is 1.04 bits per heavy atom. The van der Waals surface area contributed by atoms with Crippen LogP contribution in [0.1, 0.15) is 17.5 Å². The third-order valence-corrected chi connectivity index (χ3v) is 5.78. The van der Waals surface area contributed by atoms with Crippen molar-refractivity contribution in [2.24, 2.45) is 0 Å². The highest BCUT2D eigenvalue weighted by molar-refractivity contribution is 7.89. The number of aryl methyl sites for hydroxylation is 2. The molecular formula is C20H21N3O3S. The van der Waals surface area contributed by atoms with Crippen LogP contribution in [0.15, 0.2) is 59.6 Å². The van der Waals surface area contributed by atoms with Gasteiger partial charge >= 0.3 is 0 Å². The van der Waals surface area contributed by atoms with Gasteiger partial charge in [-0.15, -0.1) is 0 Å². The molecule has 0 saturated carbocycles. The molecule has 1 heterocycles. The molecule has 1 amide bonds. The maximum absolute atomic E-state index is 12.3. The second kappa shape index (κ2) is 7.85. The van der Waals surface area contributed by atoms with Gasteiger partial charge in [-0.25, -0.2) is 13.1 Å². The number of nitrogens with one attached hydrogen (secondary N) is 2. The molecule has 0 aliphatic rings. The van der Waals surface area contributed by atoms with Crippen LogP contribution >= 0.6 is 0 Å². The molecule has 3 aromatic rings. The fourth-order valence-corrected chi connectivity index (χ4v) is 3.76. The molecule has 0 fully saturated rings. The number of nitrogens with zero attached hydrogens (tertiary/aromatic N) is 1. The lowest BCUT2D eigenvalue weighted by Crippen LogP contribution is -2.28. The molecule has 1 aromatic heterocycles. The third-order valence-electron chi connectivity index (χ3n) is 4.32. The van der Waals surface area contributed by atoms with Crippen molar-refractivity contribution in [3.8, 4) is 0 Å². The van der Waals surface area contributed by atoms with Crippen LogP contribution in [-0.2, 0) is 14.8 Å². The Bertz CT molecular complexity index is 1090. The van der Waals surface area contributed by atoms with E-state index in [1.54, 1.807) is 30.5 Å². The number of anilines is 1. The monoisotopic (exact) mass is 383 g/mol. The minimum Gasteiger partial charge on any atom is -0.326 e. The molecule has 140 valence electrons. The highest BCUT2D eigenvalue weighted by Gasteiger charge is 2.15. The van der Waals surface area contributed by atoms with Crippen LogP contribution < -0.4 is 10.0 Å². The van der Waals surface area contributed by atoms with Crippen LogP contribution in [0, 0.1) is 13.8 Å². The topological polar surface area (TPSA) is 88.2 Å². The fraction of sp³-hybridized carbons (Fsp3) is 0.200. The van der Waals surface area contributed by atoms with Crippen molar-refractivity contribution in [2.45, 2.75) is 25.2 Å². The van der Waals surface area contributed by atoms with E-state index in [0.717, 1.165) is 22.0 Å². The number of carbonyl (C=O) groups is 1. The van der Waals surface area contributed by atoms with E-state index in [4.69, 9.17) is 0 Å². The van der Waals surface area contributed by atoms with Crippen LogP contribution in [-0.4, -0.2) is 25.9 Å². The van der Waals surface area contributed by atoms with Gasteiger partial charge in [0.1, 0.15) is 0 Å². The zero-order valence-electron chi connectivity index (χ0n) is 15.2. The predicted molar refractivity (Wildman–Crippen MR) is 106 cm³/mol. The van der Waals surface area contributed by atoms with Crippen molar-refractivity contribution >= 4 is 32.5 Å². The number of aromatic nitrogens is 1. The standard InChI is InChI=1S/C20H21N3O3S/c1-14-5-7-18(12-15(14)2)27(25,26)22-11-9-20(24)23-17-6-8-19-16(13-17)4-3-10-21-19/h3-8,10,12-13,22H,9,11H2,1-2H3,(H,23,24). The lowest BCUT2D eigenvalue weighted by molar-refractivity contribution is -0.116. The largest absolute Gasteiger partial charge is 0.326 e. The van der Waals surface area contributed by atoms with Gasteiger partial charge in [0.2, 0.25) is 15.9 Å². The average Bonchev–Trinajstić information content (AvgIpc) is 2.63. The molecule has 0 radical (unpaired) electrons. The van der Waals surface area contributed by atoms with Crippen LogP contribution in [0.5, 0.6) is 0 Å². The zero-order valence-corrected chi connectivity index (χ0v) is 16.0. The maximum atomic E-state index is 12.3. The Hall–Kier alpha value is -2.77. The SMILES string of the molecule is Cc1ccc(S(=O)(=O)NCCC(=O)Nc2ccc3ncccc3c2)cc1C. The van der Waals surface area contributed by atoms with Crippen molar-refractivity contribution in [2.75, 3.05) is 11.9 Å². The zero-order chi connectivity index (χ0) is 19.4. The van der Waals surface area contributed by atoms with Crippen molar-refractivity contribution in [1.82, 2.24) is 9.71 Å². The number of benzene rings is 2. The third kappa shape index (κ3) is 4.69. The number of rotatable bonds is 6. The Kier molecular flexibility index (Phi) is 5.53. The Morgan fingerprint density at radius 3 is 2.63 bits per heavy atom. The Balaban J connectivity index is 1.57. The molecule has 0 unspecified atom stereocenters. The number of hydrogen-bond donors (Lipinski definition) is 2. The Labute approximate surface area is 158 Å². The van der Waals surface area contributed by atoms with Crippen LogP contribution in [0.4, 0.5) is 5.69 Å². The molecule has 6 nitrogen and oxygen atoms in total. The summed E-state index contributed by atoms with van der Waals surface area (Å²) in [5, 5.41) is 3.70.